The van der Waals surface area contributed by atoms with Crippen LogP contribution in [0.1, 0.15) is 6.42 Å². The molecule has 1 aliphatic heterocycles. The molecule has 1 unspecified atom stereocenters. The van der Waals surface area contributed by atoms with Crippen LogP contribution in [0.15, 0.2) is 18.3 Å². The minimum absolute atomic E-state index is 0.321. The molecular weight excluding hydrogens is 223 g/mol. The number of ether oxygens (including phenoxy) is 1. The number of nitrogens with zero attached hydrogens (tertiary/aromatic N) is 3. The molecule has 17 heavy (non-hydrogen) atoms. The number of fused-ring (bicyclic) bond motifs is 1. The Bertz CT molecular complexity index is 521. The molecule has 2 aromatic heterocycles. The van der Waals surface area contributed by atoms with E-state index in [0.29, 0.717) is 17.5 Å². The lowest BCUT2D eigenvalue weighted by Gasteiger charge is -2.06. The molecule has 3 rings (SSSR count). The normalized spacial score (nSPS) is 19.9. The highest BCUT2D eigenvalue weighted by atomic mass is 19.1. The molecule has 0 amide bonds. The van der Waals surface area contributed by atoms with Gasteiger partial charge in [-0.3, -0.25) is 0 Å². The van der Waals surface area contributed by atoms with E-state index in [1.165, 1.54) is 16.8 Å². The zero-order valence-corrected chi connectivity index (χ0v) is 9.27. The molecule has 0 radical (unpaired) electrons. The molecule has 1 atom stereocenters. The Hall–Kier alpha value is -1.69. The zero-order valence-electron chi connectivity index (χ0n) is 9.27. The predicted molar refractivity (Wildman–Crippen MR) is 60.4 cm³/mol. The second-order valence-electron chi connectivity index (χ2n) is 4.20. The van der Waals surface area contributed by atoms with E-state index in [9.17, 15) is 4.39 Å². The van der Waals surface area contributed by atoms with Crippen molar-refractivity contribution in [3.8, 4) is 0 Å². The van der Waals surface area contributed by atoms with Crippen molar-refractivity contribution in [3.05, 3.63) is 24.1 Å². The molecular formula is C11H13FN4O. The molecule has 6 heteroatoms. The fraction of sp³-hybridized carbons (Fsp3) is 0.455. The number of pyridine rings is 1. The first-order valence-corrected chi connectivity index (χ1v) is 5.65. The van der Waals surface area contributed by atoms with Crippen LogP contribution < -0.4 is 5.32 Å². The number of rotatable bonds is 3. The summed E-state index contributed by atoms with van der Waals surface area (Å²) in [5.41, 5.74) is 0.636. The summed E-state index contributed by atoms with van der Waals surface area (Å²) in [6.45, 7) is 2.41. The zero-order chi connectivity index (χ0) is 11.7. The lowest BCUT2D eigenvalue weighted by molar-refractivity contribution is 0.187. The van der Waals surface area contributed by atoms with Crippen molar-refractivity contribution in [2.24, 2.45) is 5.92 Å². The molecule has 1 saturated heterocycles. The van der Waals surface area contributed by atoms with Crippen LogP contribution in [0.5, 0.6) is 0 Å². The van der Waals surface area contributed by atoms with Crippen molar-refractivity contribution in [1.82, 2.24) is 14.6 Å². The van der Waals surface area contributed by atoms with Crippen LogP contribution >= 0.6 is 0 Å². The first-order chi connectivity index (χ1) is 8.31. The van der Waals surface area contributed by atoms with Gasteiger partial charge in [0.25, 0.3) is 0 Å². The second kappa shape index (κ2) is 4.29. The summed E-state index contributed by atoms with van der Waals surface area (Å²) < 4.78 is 19.7. The lowest BCUT2D eigenvalue weighted by atomic mass is 10.1. The molecule has 1 fully saturated rings. The SMILES string of the molecule is Fc1ccc2nc(NCC3CCOC3)nn2c1. The largest absolute Gasteiger partial charge is 0.381 e. The Morgan fingerprint density at radius 1 is 1.53 bits per heavy atom. The van der Waals surface area contributed by atoms with E-state index in [4.69, 9.17) is 4.74 Å². The maximum absolute atomic E-state index is 13.0. The van der Waals surface area contributed by atoms with Gasteiger partial charge in [-0.2, -0.15) is 4.98 Å². The smallest absolute Gasteiger partial charge is 0.243 e. The fourth-order valence-electron chi connectivity index (χ4n) is 1.91. The molecule has 2 aromatic rings. The van der Waals surface area contributed by atoms with Gasteiger partial charge in [-0.15, -0.1) is 5.10 Å². The van der Waals surface area contributed by atoms with E-state index in [1.54, 1.807) is 6.07 Å². The molecule has 0 aliphatic carbocycles. The molecule has 1 N–H and O–H groups in total. The number of halogens is 1. The van der Waals surface area contributed by atoms with E-state index in [0.717, 1.165) is 26.2 Å². The quantitative estimate of drug-likeness (QED) is 0.873. The van der Waals surface area contributed by atoms with Crippen LogP contribution in [-0.4, -0.2) is 34.4 Å². The van der Waals surface area contributed by atoms with Crippen LogP contribution in [0, 0.1) is 11.7 Å². The van der Waals surface area contributed by atoms with Gasteiger partial charge in [-0.25, -0.2) is 8.91 Å². The third-order valence-corrected chi connectivity index (χ3v) is 2.87. The maximum atomic E-state index is 13.0. The highest BCUT2D eigenvalue weighted by Crippen LogP contribution is 2.13. The van der Waals surface area contributed by atoms with Crippen molar-refractivity contribution >= 4 is 11.6 Å². The summed E-state index contributed by atoms with van der Waals surface area (Å²) in [4.78, 5) is 4.25. The summed E-state index contributed by atoms with van der Waals surface area (Å²) in [6, 6.07) is 2.98. The van der Waals surface area contributed by atoms with Crippen molar-refractivity contribution in [2.75, 3.05) is 25.1 Å². The molecule has 5 nitrogen and oxygen atoms in total. The van der Waals surface area contributed by atoms with E-state index in [1.807, 2.05) is 0 Å². The molecule has 0 bridgehead atoms. The average molecular weight is 236 g/mol. The number of hydrogen-bond acceptors (Lipinski definition) is 4. The highest BCUT2D eigenvalue weighted by Gasteiger charge is 2.15. The minimum Gasteiger partial charge on any atom is -0.381 e. The van der Waals surface area contributed by atoms with Gasteiger partial charge in [0.1, 0.15) is 5.82 Å². The Morgan fingerprint density at radius 2 is 2.47 bits per heavy atom. The summed E-state index contributed by atoms with van der Waals surface area (Å²) in [5.74, 6) is 0.721. The summed E-state index contributed by atoms with van der Waals surface area (Å²) in [6.07, 6.45) is 2.38. The predicted octanol–water partition coefficient (Wildman–Crippen LogP) is 1.32. The Kier molecular flexibility index (Phi) is 2.64. The molecule has 0 saturated carbocycles. The number of nitrogens with one attached hydrogen (secondary N) is 1. The summed E-state index contributed by atoms with van der Waals surface area (Å²) >= 11 is 0. The Labute approximate surface area is 97.6 Å². The Morgan fingerprint density at radius 3 is 3.29 bits per heavy atom. The van der Waals surface area contributed by atoms with E-state index in [2.05, 4.69) is 15.4 Å². The molecule has 0 spiro atoms. The maximum Gasteiger partial charge on any atom is 0.243 e. The van der Waals surface area contributed by atoms with Gasteiger partial charge in [0.05, 0.1) is 12.8 Å². The van der Waals surface area contributed by atoms with Gasteiger partial charge < -0.3 is 10.1 Å². The lowest BCUT2D eigenvalue weighted by Crippen LogP contribution is -2.14. The number of hydrogen-bond donors (Lipinski definition) is 1. The summed E-state index contributed by atoms with van der Waals surface area (Å²) in [7, 11) is 0. The minimum atomic E-state index is -0.321. The van der Waals surface area contributed by atoms with Gasteiger partial charge in [0.2, 0.25) is 5.95 Å². The van der Waals surface area contributed by atoms with Crippen LogP contribution in [0.2, 0.25) is 0 Å². The first-order valence-electron chi connectivity index (χ1n) is 5.65. The number of anilines is 1. The van der Waals surface area contributed by atoms with Gasteiger partial charge in [-0.1, -0.05) is 0 Å². The third-order valence-electron chi connectivity index (χ3n) is 2.87. The van der Waals surface area contributed by atoms with E-state index < -0.39 is 0 Å². The van der Waals surface area contributed by atoms with Crippen LogP contribution in [0.4, 0.5) is 10.3 Å². The monoisotopic (exact) mass is 236 g/mol. The Balaban J connectivity index is 1.72. The average Bonchev–Trinajstić information content (AvgIpc) is 2.94. The van der Waals surface area contributed by atoms with Crippen LogP contribution in [0.3, 0.4) is 0 Å². The number of aromatic nitrogens is 3. The molecule has 3 heterocycles. The molecule has 1 aliphatic rings. The first kappa shape index (κ1) is 10.5. The van der Waals surface area contributed by atoms with Gasteiger partial charge in [0, 0.05) is 19.1 Å². The van der Waals surface area contributed by atoms with Crippen molar-refractivity contribution in [1.29, 1.82) is 0 Å². The van der Waals surface area contributed by atoms with Crippen LogP contribution in [-0.2, 0) is 4.74 Å². The van der Waals surface area contributed by atoms with Gasteiger partial charge >= 0.3 is 0 Å². The summed E-state index contributed by atoms with van der Waals surface area (Å²) in [5, 5.41) is 7.30. The van der Waals surface area contributed by atoms with Crippen molar-refractivity contribution in [2.45, 2.75) is 6.42 Å². The van der Waals surface area contributed by atoms with Gasteiger partial charge in [0.15, 0.2) is 5.65 Å². The van der Waals surface area contributed by atoms with Gasteiger partial charge in [-0.05, 0) is 18.6 Å². The molecule has 0 aromatic carbocycles. The molecule has 90 valence electrons. The van der Waals surface area contributed by atoms with E-state index in [-0.39, 0.29) is 5.82 Å². The van der Waals surface area contributed by atoms with Crippen molar-refractivity contribution < 1.29 is 9.13 Å². The standard InChI is InChI=1S/C11H13FN4O/c12-9-1-2-10-14-11(15-16(10)6-9)13-5-8-3-4-17-7-8/h1-2,6,8H,3-5,7H2,(H,13,15). The fourth-order valence-corrected chi connectivity index (χ4v) is 1.91. The second-order valence-corrected chi connectivity index (χ2v) is 4.20. The topological polar surface area (TPSA) is 51.5 Å². The van der Waals surface area contributed by atoms with E-state index >= 15 is 0 Å². The third kappa shape index (κ3) is 2.21. The van der Waals surface area contributed by atoms with Crippen LogP contribution in [0.25, 0.3) is 5.65 Å². The highest BCUT2D eigenvalue weighted by molar-refractivity contribution is 5.43. The van der Waals surface area contributed by atoms with Crippen molar-refractivity contribution in [3.63, 3.8) is 0 Å².